The van der Waals surface area contributed by atoms with Crippen molar-refractivity contribution in [3.63, 3.8) is 0 Å². The highest BCUT2D eigenvalue weighted by atomic mass is 32.1. The number of rotatable bonds is 3. The van der Waals surface area contributed by atoms with Crippen LogP contribution < -0.4 is 9.64 Å². The zero-order valence-electron chi connectivity index (χ0n) is 15.1. The summed E-state index contributed by atoms with van der Waals surface area (Å²) in [4.78, 5) is 7.30. The van der Waals surface area contributed by atoms with E-state index in [4.69, 9.17) is 4.74 Å². The molecule has 0 aromatic carbocycles. The molecule has 4 aromatic rings. The first-order valence-corrected chi connectivity index (χ1v) is 9.72. The molecule has 7 nitrogen and oxygen atoms in total. The van der Waals surface area contributed by atoms with E-state index in [1.54, 1.807) is 23.7 Å². The number of hydrogen-bond acceptors (Lipinski definition) is 8. The molecule has 5 heterocycles. The van der Waals surface area contributed by atoms with Gasteiger partial charge in [0.2, 0.25) is 0 Å². The van der Waals surface area contributed by atoms with Gasteiger partial charge in [-0.05, 0) is 31.5 Å². The van der Waals surface area contributed by atoms with Gasteiger partial charge in [0.15, 0.2) is 5.82 Å². The number of aryl methyl sites for hydroxylation is 2. The number of hydrogen-bond donors (Lipinski definition) is 0. The summed E-state index contributed by atoms with van der Waals surface area (Å²) in [5.41, 5.74) is 2.11. The molecule has 1 aliphatic rings. The van der Waals surface area contributed by atoms with Crippen molar-refractivity contribution >= 4 is 37.5 Å². The molecule has 0 bridgehead atoms. The number of nitrogens with zero attached hydrogens (tertiary/aromatic N) is 6. The summed E-state index contributed by atoms with van der Waals surface area (Å²) in [6, 6.07) is 3.82. The predicted octanol–water partition coefficient (Wildman–Crippen LogP) is 3.30. The van der Waals surface area contributed by atoms with Crippen molar-refractivity contribution in [2.45, 2.75) is 26.4 Å². The lowest BCUT2D eigenvalue weighted by atomic mass is 10.1. The van der Waals surface area contributed by atoms with Crippen LogP contribution in [-0.2, 0) is 0 Å². The van der Waals surface area contributed by atoms with Crippen LogP contribution in [0.3, 0.4) is 0 Å². The molecule has 0 spiro atoms. The van der Waals surface area contributed by atoms with Gasteiger partial charge in [-0.2, -0.15) is 10.2 Å². The van der Waals surface area contributed by atoms with Crippen LogP contribution in [0.25, 0.3) is 20.3 Å². The summed E-state index contributed by atoms with van der Waals surface area (Å²) >= 11 is 1.63. The highest BCUT2D eigenvalue weighted by Crippen LogP contribution is 2.39. The third-order valence-corrected chi connectivity index (χ3v) is 6.14. The molecule has 1 saturated heterocycles. The predicted molar refractivity (Wildman–Crippen MR) is 105 cm³/mol. The molecule has 0 saturated carbocycles. The summed E-state index contributed by atoms with van der Waals surface area (Å²) in [6.45, 7) is 5.74. The molecular weight excluding hydrogens is 360 g/mol. The van der Waals surface area contributed by atoms with Gasteiger partial charge in [0, 0.05) is 29.9 Å². The van der Waals surface area contributed by atoms with Gasteiger partial charge in [-0.25, -0.2) is 0 Å². The lowest BCUT2D eigenvalue weighted by molar-refractivity contribution is 0.224. The normalized spacial score (nSPS) is 17.1. The molecule has 0 unspecified atom stereocenters. The van der Waals surface area contributed by atoms with E-state index < -0.39 is 0 Å². The summed E-state index contributed by atoms with van der Waals surface area (Å²) in [5.74, 6) is 1.71. The smallest absolute Gasteiger partial charge is 0.169 e. The molecule has 1 aliphatic heterocycles. The molecule has 27 heavy (non-hydrogen) atoms. The number of anilines is 1. The molecule has 1 fully saturated rings. The quantitative estimate of drug-likeness (QED) is 0.541. The minimum Gasteiger partial charge on any atom is -0.487 e. The van der Waals surface area contributed by atoms with E-state index in [1.165, 1.54) is 0 Å². The Hall–Kier alpha value is -2.87. The van der Waals surface area contributed by atoms with Crippen molar-refractivity contribution in [3.05, 3.63) is 42.0 Å². The Morgan fingerprint density at radius 2 is 2.11 bits per heavy atom. The van der Waals surface area contributed by atoms with Gasteiger partial charge in [0.25, 0.3) is 0 Å². The SMILES string of the molecule is Cc1nnc2sc3c(N4CC[C@H](Oc5cccnc5)C4)nncc3c2c1C. The summed E-state index contributed by atoms with van der Waals surface area (Å²) < 4.78 is 7.18. The molecule has 5 rings (SSSR count). The van der Waals surface area contributed by atoms with E-state index in [2.05, 4.69) is 37.2 Å². The van der Waals surface area contributed by atoms with Crippen molar-refractivity contribution in [3.8, 4) is 5.75 Å². The second-order valence-corrected chi connectivity index (χ2v) is 7.77. The van der Waals surface area contributed by atoms with Crippen LogP contribution in [-0.4, -0.2) is 44.6 Å². The monoisotopic (exact) mass is 378 g/mol. The van der Waals surface area contributed by atoms with Gasteiger partial charge in [0.05, 0.1) is 29.3 Å². The van der Waals surface area contributed by atoms with Gasteiger partial charge in [0.1, 0.15) is 16.7 Å². The van der Waals surface area contributed by atoms with Crippen LogP contribution >= 0.6 is 11.3 Å². The Morgan fingerprint density at radius 1 is 1.19 bits per heavy atom. The van der Waals surface area contributed by atoms with Gasteiger partial charge < -0.3 is 9.64 Å². The fraction of sp³-hybridized carbons (Fsp3) is 0.316. The maximum atomic E-state index is 6.06. The number of aromatic nitrogens is 5. The maximum Gasteiger partial charge on any atom is 0.169 e. The summed E-state index contributed by atoms with van der Waals surface area (Å²) in [5, 5.41) is 19.6. The van der Waals surface area contributed by atoms with Crippen LogP contribution in [0.2, 0.25) is 0 Å². The van der Waals surface area contributed by atoms with E-state index in [0.717, 1.165) is 62.6 Å². The van der Waals surface area contributed by atoms with E-state index in [0.29, 0.717) is 0 Å². The van der Waals surface area contributed by atoms with Gasteiger partial charge in [-0.1, -0.05) is 0 Å². The van der Waals surface area contributed by atoms with Gasteiger partial charge in [-0.15, -0.1) is 21.5 Å². The van der Waals surface area contributed by atoms with Crippen LogP contribution in [0.15, 0.2) is 30.7 Å². The number of fused-ring (bicyclic) bond motifs is 3. The minimum absolute atomic E-state index is 0.115. The van der Waals surface area contributed by atoms with E-state index in [-0.39, 0.29) is 6.10 Å². The number of ether oxygens (including phenoxy) is 1. The van der Waals surface area contributed by atoms with Crippen LogP contribution in [0, 0.1) is 13.8 Å². The molecule has 0 radical (unpaired) electrons. The minimum atomic E-state index is 0.115. The van der Waals surface area contributed by atoms with Crippen LogP contribution in [0.5, 0.6) is 5.75 Å². The molecule has 1 atom stereocenters. The molecule has 8 heteroatoms. The molecule has 0 N–H and O–H groups in total. The average Bonchev–Trinajstić information content (AvgIpc) is 3.30. The van der Waals surface area contributed by atoms with Crippen molar-refractivity contribution in [1.29, 1.82) is 0 Å². The fourth-order valence-corrected chi connectivity index (χ4v) is 4.72. The maximum absolute atomic E-state index is 6.06. The average molecular weight is 378 g/mol. The van der Waals surface area contributed by atoms with E-state index in [9.17, 15) is 0 Å². The Labute approximate surface area is 160 Å². The Morgan fingerprint density at radius 3 is 2.96 bits per heavy atom. The molecular formula is C19H18N6OS. The second-order valence-electron chi connectivity index (χ2n) is 6.77. The number of thiophene rings is 1. The van der Waals surface area contributed by atoms with E-state index >= 15 is 0 Å². The fourth-order valence-electron chi connectivity index (χ4n) is 3.55. The first kappa shape index (κ1) is 16.3. The Bertz CT molecular complexity index is 1130. The van der Waals surface area contributed by atoms with Crippen molar-refractivity contribution < 1.29 is 4.74 Å². The lowest BCUT2D eigenvalue weighted by Crippen LogP contribution is -2.25. The highest BCUT2D eigenvalue weighted by molar-refractivity contribution is 7.26. The standard InChI is InChI=1S/C19H18N6OS/c1-11-12(2)22-24-19-16(11)15-9-21-23-18(17(15)27-19)25-7-5-14(10-25)26-13-4-3-6-20-8-13/h3-4,6,8-9,14H,5,7,10H2,1-2H3/t14-/m0/s1. The third kappa shape index (κ3) is 2.76. The first-order chi connectivity index (χ1) is 13.2. The summed E-state index contributed by atoms with van der Waals surface area (Å²) in [6.07, 6.45) is 6.39. The highest BCUT2D eigenvalue weighted by Gasteiger charge is 2.28. The third-order valence-electron chi connectivity index (χ3n) is 5.06. The second kappa shape index (κ2) is 6.38. The largest absolute Gasteiger partial charge is 0.487 e. The lowest BCUT2D eigenvalue weighted by Gasteiger charge is -2.18. The Kier molecular flexibility index (Phi) is 3.86. The topological polar surface area (TPSA) is 76.9 Å². The zero-order chi connectivity index (χ0) is 18.4. The van der Waals surface area contributed by atoms with Gasteiger partial charge in [-0.3, -0.25) is 4.98 Å². The summed E-state index contributed by atoms with van der Waals surface area (Å²) in [7, 11) is 0. The van der Waals surface area contributed by atoms with Crippen molar-refractivity contribution in [2.75, 3.05) is 18.0 Å². The van der Waals surface area contributed by atoms with Crippen molar-refractivity contribution in [1.82, 2.24) is 25.4 Å². The molecule has 4 aromatic heterocycles. The zero-order valence-corrected chi connectivity index (χ0v) is 15.9. The number of pyridine rings is 1. The molecule has 0 amide bonds. The van der Waals surface area contributed by atoms with E-state index in [1.807, 2.05) is 25.3 Å². The van der Waals surface area contributed by atoms with Crippen molar-refractivity contribution in [2.24, 2.45) is 0 Å². The van der Waals surface area contributed by atoms with Crippen LogP contribution in [0.4, 0.5) is 5.82 Å². The van der Waals surface area contributed by atoms with Gasteiger partial charge >= 0.3 is 0 Å². The first-order valence-electron chi connectivity index (χ1n) is 8.90. The molecule has 136 valence electrons. The Balaban J connectivity index is 1.50. The van der Waals surface area contributed by atoms with Crippen LogP contribution in [0.1, 0.15) is 17.7 Å². The molecule has 0 aliphatic carbocycles.